The number of likely N-dealkylation sites (N-methyl/N-ethyl adjacent to an activating group) is 1. The van der Waals surface area contributed by atoms with Gasteiger partial charge in [-0.3, -0.25) is 9.59 Å². The molecule has 7 heteroatoms. The number of quaternary nitrogens is 1. The molecule has 0 aliphatic heterocycles. The zero-order valence-electron chi connectivity index (χ0n) is 14.6. The summed E-state index contributed by atoms with van der Waals surface area (Å²) < 4.78 is 4.63. The maximum absolute atomic E-state index is 11.9. The molecule has 1 atom stereocenters. The van der Waals surface area contributed by atoms with E-state index in [1.54, 1.807) is 31.3 Å². The number of rotatable bonds is 8. The highest BCUT2D eigenvalue weighted by Crippen LogP contribution is 2.05. The van der Waals surface area contributed by atoms with Crippen LogP contribution in [0.5, 0.6) is 0 Å². The summed E-state index contributed by atoms with van der Waals surface area (Å²) in [4.78, 5) is 35.7. The predicted molar refractivity (Wildman–Crippen MR) is 89.5 cm³/mol. The molecule has 1 aromatic rings. The fourth-order valence-electron chi connectivity index (χ4n) is 2.12. The highest BCUT2D eigenvalue weighted by atomic mass is 16.5. The standard InChI is InChI=1S/C17H25N3O4/c1-12(2)19-16(22)11-20(3)10-15(21)18-9-13-5-7-14(8-6-13)17(23)24-4/h5-8,12H,9-11H2,1-4H3,(H,18,21)(H,19,22)/p+1. The highest BCUT2D eigenvalue weighted by Gasteiger charge is 2.14. The molecule has 0 aromatic heterocycles. The summed E-state index contributed by atoms with van der Waals surface area (Å²) in [6.45, 7) is 4.62. The first-order valence-electron chi connectivity index (χ1n) is 7.86. The molecule has 1 rings (SSSR count). The van der Waals surface area contributed by atoms with Gasteiger partial charge in [0.15, 0.2) is 13.1 Å². The van der Waals surface area contributed by atoms with Gasteiger partial charge >= 0.3 is 5.97 Å². The third-order valence-electron chi connectivity index (χ3n) is 3.24. The van der Waals surface area contributed by atoms with E-state index in [2.05, 4.69) is 15.4 Å². The number of nitrogens with one attached hydrogen (secondary N) is 3. The summed E-state index contributed by atoms with van der Waals surface area (Å²) in [5.74, 6) is -0.605. The van der Waals surface area contributed by atoms with E-state index in [9.17, 15) is 14.4 Å². The Kier molecular flexibility index (Phi) is 7.91. The first kappa shape index (κ1) is 19.6. The fraction of sp³-hybridized carbons (Fsp3) is 0.471. The molecule has 0 radical (unpaired) electrons. The molecule has 132 valence electrons. The fourth-order valence-corrected chi connectivity index (χ4v) is 2.12. The minimum absolute atomic E-state index is 0.0753. The number of hydrogen-bond acceptors (Lipinski definition) is 4. The van der Waals surface area contributed by atoms with Crippen LogP contribution in [0.25, 0.3) is 0 Å². The van der Waals surface area contributed by atoms with Crippen LogP contribution in [0.1, 0.15) is 29.8 Å². The van der Waals surface area contributed by atoms with Crippen molar-refractivity contribution in [2.24, 2.45) is 0 Å². The molecule has 2 amide bonds. The van der Waals surface area contributed by atoms with Gasteiger partial charge in [0.2, 0.25) is 0 Å². The van der Waals surface area contributed by atoms with E-state index in [-0.39, 0.29) is 30.9 Å². The third-order valence-corrected chi connectivity index (χ3v) is 3.24. The van der Waals surface area contributed by atoms with E-state index in [4.69, 9.17) is 0 Å². The van der Waals surface area contributed by atoms with Crippen molar-refractivity contribution >= 4 is 17.8 Å². The van der Waals surface area contributed by atoms with Crippen molar-refractivity contribution in [2.75, 3.05) is 27.2 Å². The summed E-state index contributed by atoms with van der Waals surface area (Å²) in [6.07, 6.45) is 0. The largest absolute Gasteiger partial charge is 0.465 e. The smallest absolute Gasteiger partial charge is 0.337 e. The summed E-state index contributed by atoms with van der Waals surface area (Å²) in [5, 5.41) is 5.59. The van der Waals surface area contributed by atoms with E-state index >= 15 is 0 Å². The Labute approximate surface area is 142 Å². The van der Waals surface area contributed by atoms with Crippen molar-refractivity contribution in [3.63, 3.8) is 0 Å². The Bertz CT molecular complexity index is 570. The lowest BCUT2D eigenvalue weighted by Crippen LogP contribution is -3.11. The lowest BCUT2D eigenvalue weighted by molar-refractivity contribution is -0.862. The number of carbonyl (C=O) groups excluding carboxylic acids is 3. The van der Waals surface area contributed by atoms with Gasteiger partial charge in [-0.05, 0) is 31.5 Å². The number of carbonyl (C=O) groups is 3. The van der Waals surface area contributed by atoms with Gasteiger partial charge in [-0.15, -0.1) is 0 Å². The second-order valence-corrected chi connectivity index (χ2v) is 6.00. The van der Waals surface area contributed by atoms with Crippen molar-refractivity contribution in [3.8, 4) is 0 Å². The number of hydrogen-bond donors (Lipinski definition) is 3. The summed E-state index contributed by atoms with van der Waals surface area (Å²) in [6, 6.07) is 6.92. The SMILES string of the molecule is COC(=O)c1ccc(CNC(=O)C[NH+](C)CC(=O)NC(C)C)cc1. The molecule has 1 unspecified atom stereocenters. The number of esters is 1. The van der Waals surface area contributed by atoms with Gasteiger partial charge in [-0.2, -0.15) is 0 Å². The van der Waals surface area contributed by atoms with E-state index in [0.29, 0.717) is 12.1 Å². The number of benzene rings is 1. The van der Waals surface area contributed by atoms with Crippen LogP contribution in [0.4, 0.5) is 0 Å². The summed E-state index contributed by atoms with van der Waals surface area (Å²) >= 11 is 0. The number of ether oxygens (including phenoxy) is 1. The Balaban J connectivity index is 2.37. The lowest BCUT2D eigenvalue weighted by Gasteiger charge is -2.15. The zero-order chi connectivity index (χ0) is 18.1. The van der Waals surface area contributed by atoms with E-state index in [0.717, 1.165) is 10.5 Å². The average Bonchev–Trinajstić information content (AvgIpc) is 2.51. The van der Waals surface area contributed by atoms with Crippen molar-refractivity contribution < 1.29 is 24.0 Å². The molecule has 0 heterocycles. The molecule has 0 spiro atoms. The topological polar surface area (TPSA) is 88.9 Å². The lowest BCUT2D eigenvalue weighted by atomic mass is 10.1. The minimum atomic E-state index is -0.393. The molecule has 0 bridgehead atoms. The maximum atomic E-state index is 11.9. The van der Waals surface area contributed by atoms with Crippen molar-refractivity contribution in [1.82, 2.24) is 10.6 Å². The Morgan fingerprint density at radius 1 is 1.08 bits per heavy atom. The van der Waals surface area contributed by atoms with Crippen LogP contribution in [0.2, 0.25) is 0 Å². The van der Waals surface area contributed by atoms with Gasteiger partial charge in [0.05, 0.1) is 19.7 Å². The maximum Gasteiger partial charge on any atom is 0.337 e. The van der Waals surface area contributed by atoms with E-state index < -0.39 is 5.97 Å². The molecule has 1 aromatic carbocycles. The number of amides is 2. The van der Waals surface area contributed by atoms with Gasteiger partial charge in [-0.25, -0.2) is 4.79 Å². The van der Waals surface area contributed by atoms with Crippen LogP contribution in [-0.2, 0) is 20.9 Å². The summed E-state index contributed by atoms with van der Waals surface area (Å²) in [5.41, 5.74) is 1.35. The van der Waals surface area contributed by atoms with Gasteiger partial charge in [0, 0.05) is 12.6 Å². The van der Waals surface area contributed by atoms with Crippen molar-refractivity contribution in [1.29, 1.82) is 0 Å². The number of methoxy groups -OCH3 is 1. The molecule has 24 heavy (non-hydrogen) atoms. The van der Waals surface area contributed by atoms with Gasteiger partial charge in [0.25, 0.3) is 11.8 Å². The molecule has 0 saturated carbocycles. The molecular weight excluding hydrogens is 310 g/mol. The van der Waals surface area contributed by atoms with Crippen molar-refractivity contribution in [2.45, 2.75) is 26.4 Å². The normalized spacial score (nSPS) is 11.7. The quantitative estimate of drug-likeness (QED) is 0.539. The van der Waals surface area contributed by atoms with Gasteiger partial charge < -0.3 is 20.3 Å². The average molecular weight is 336 g/mol. The Morgan fingerprint density at radius 3 is 2.21 bits per heavy atom. The molecule has 7 nitrogen and oxygen atoms in total. The molecule has 0 fully saturated rings. The highest BCUT2D eigenvalue weighted by molar-refractivity contribution is 5.89. The monoisotopic (exact) mass is 336 g/mol. The van der Waals surface area contributed by atoms with Crippen LogP contribution >= 0.6 is 0 Å². The molecule has 0 aliphatic carbocycles. The first-order valence-corrected chi connectivity index (χ1v) is 7.86. The zero-order valence-corrected chi connectivity index (χ0v) is 14.6. The second kappa shape index (κ2) is 9.67. The third kappa shape index (κ3) is 7.23. The molecule has 0 aliphatic rings. The molecule has 3 N–H and O–H groups in total. The molecule has 0 saturated heterocycles. The van der Waals surface area contributed by atoms with Gasteiger partial charge in [0.1, 0.15) is 0 Å². The van der Waals surface area contributed by atoms with Crippen LogP contribution in [0.3, 0.4) is 0 Å². The minimum Gasteiger partial charge on any atom is -0.465 e. The van der Waals surface area contributed by atoms with Crippen LogP contribution in [-0.4, -0.2) is 51.1 Å². The van der Waals surface area contributed by atoms with Crippen molar-refractivity contribution in [3.05, 3.63) is 35.4 Å². The predicted octanol–water partition coefficient (Wildman–Crippen LogP) is -0.871. The van der Waals surface area contributed by atoms with Crippen LogP contribution < -0.4 is 15.5 Å². The molecular formula is C17H26N3O4+. The van der Waals surface area contributed by atoms with Crippen LogP contribution in [0.15, 0.2) is 24.3 Å². The Morgan fingerprint density at radius 2 is 1.67 bits per heavy atom. The van der Waals surface area contributed by atoms with Gasteiger partial charge in [-0.1, -0.05) is 12.1 Å². The second-order valence-electron chi connectivity index (χ2n) is 6.00. The van der Waals surface area contributed by atoms with E-state index in [1.165, 1.54) is 7.11 Å². The van der Waals surface area contributed by atoms with Crippen LogP contribution in [0, 0.1) is 0 Å². The first-order chi connectivity index (χ1) is 11.3. The van der Waals surface area contributed by atoms with E-state index in [1.807, 2.05) is 13.8 Å². The summed E-state index contributed by atoms with van der Waals surface area (Å²) in [7, 11) is 3.13. The Hall–Kier alpha value is -2.41.